The number of rotatable bonds is 4. The molecule has 0 aromatic heterocycles. The molecule has 0 spiro atoms. The second kappa shape index (κ2) is 7.78. The zero-order valence-electron chi connectivity index (χ0n) is 11.5. The van der Waals surface area contributed by atoms with Crippen LogP contribution in [0.4, 0.5) is 0 Å². The fourth-order valence-corrected chi connectivity index (χ4v) is 2.68. The lowest BCUT2D eigenvalue weighted by atomic mass is 10.0. The Bertz CT molecular complexity index is 346. The Balaban J connectivity index is 0.00000162. The molecule has 3 heteroatoms. The molecule has 1 fully saturated rings. The smallest absolute Gasteiger partial charge is 0.0236 e. The van der Waals surface area contributed by atoms with Gasteiger partial charge in [-0.25, -0.2) is 0 Å². The van der Waals surface area contributed by atoms with E-state index in [2.05, 4.69) is 48.5 Å². The Kier molecular flexibility index (Phi) is 6.69. The summed E-state index contributed by atoms with van der Waals surface area (Å²) in [6.07, 6.45) is 3.71. The number of halogens is 1. The van der Waals surface area contributed by atoms with Crippen molar-refractivity contribution in [3.8, 4) is 0 Å². The van der Waals surface area contributed by atoms with Crippen LogP contribution in [-0.2, 0) is 13.0 Å². The molecule has 1 aliphatic heterocycles. The van der Waals surface area contributed by atoms with Crippen molar-refractivity contribution in [2.75, 3.05) is 20.1 Å². The third-order valence-electron chi connectivity index (χ3n) is 3.89. The minimum atomic E-state index is 0. The third-order valence-corrected chi connectivity index (χ3v) is 3.89. The largest absolute Gasteiger partial charge is 0.317 e. The van der Waals surface area contributed by atoms with Gasteiger partial charge in [-0.1, -0.05) is 31.2 Å². The predicted molar refractivity (Wildman–Crippen MR) is 80.4 cm³/mol. The van der Waals surface area contributed by atoms with E-state index in [-0.39, 0.29) is 12.4 Å². The summed E-state index contributed by atoms with van der Waals surface area (Å²) >= 11 is 0. The highest BCUT2D eigenvalue weighted by Crippen LogP contribution is 2.16. The minimum Gasteiger partial charge on any atom is -0.317 e. The Morgan fingerprint density at radius 1 is 1.17 bits per heavy atom. The summed E-state index contributed by atoms with van der Waals surface area (Å²) in [4.78, 5) is 2.59. The lowest BCUT2D eigenvalue weighted by Gasteiger charge is -2.32. The molecule has 0 atom stereocenters. The summed E-state index contributed by atoms with van der Waals surface area (Å²) in [5.41, 5.74) is 3.01. The van der Waals surface area contributed by atoms with Crippen LogP contribution in [0.2, 0.25) is 0 Å². The lowest BCUT2D eigenvalue weighted by molar-refractivity contribution is 0.194. The van der Waals surface area contributed by atoms with Crippen LogP contribution in [0.25, 0.3) is 0 Å². The Morgan fingerprint density at radius 3 is 2.33 bits per heavy atom. The molecule has 102 valence electrons. The number of nitrogens with zero attached hydrogens (tertiary/aromatic N) is 1. The average Bonchev–Trinajstić information content (AvgIpc) is 2.40. The van der Waals surface area contributed by atoms with E-state index in [0.29, 0.717) is 0 Å². The summed E-state index contributed by atoms with van der Waals surface area (Å²) in [5.74, 6) is 0. The normalized spacial score (nSPS) is 17.4. The first kappa shape index (κ1) is 15.5. The highest BCUT2D eigenvalue weighted by atomic mass is 35.5. The van der Waals surface area contributed by atoms with Crippen molar-refractivity contribution in [3.63, 3.8) is 0 Å². The lowest BCUT2D eigenvalue weighted by Crippen LogP contribution is -2.40. The number of nitrogens with one attached hydrogen (secondary N) is 1. The van der Waals surface area contributed by atoms with Crippen molar-refractivity contribution in [1.82, 2.24) is 10.2 Å². The average molecular weight is 269 g/mol. The summed E-state index contributed by atoms with van der Waals surface area (Å²) in [7, 11) is 2.08. The number of hydrogen-bond acceptors (Lipinski definition) is 2. The van der Waals surface area contributed by atoms with Gasteiger partial charge in [0.25, 0.3) is 0 Å². The van der Waals surface area contributed by atoms with Crippen molar-refractivity contribution in [1.29, 1.82) is 0 Å². The van der Waals surface area contributed by atoms with E-state index < -0.39 is 0 Å². The first-order chi connectivity index (χ1) is 8.33. The molecule has 2 nitrogen and oxygen atoms in total. The van der Waals surface area contributed by atoms with E-state index in [1.165, 1.54) is 37.1 Å². The molecular formula is C15H25ClN2. The Labute approximate surface area is 117 Å². The molecule has 0 radical (unpaired) electrons. The zero-order valence-corrected chi connectivity index (χ0v) is 12.3. The van der Waals surface area contributed by atoms with Crippen LogP contribution < -0.4 is 5.32 Å². The van der Waals surface area contributed by atoms with Crippen molar-refractivity contribution >= 4 is 12.4 Å². The quantitative estimate of drug-likeness (QED) is 0.903. The summed E-state index contributed by atoms with van der Waals surface area (Å²) in [6, 6.07) is 9.58. The van der Waals surface area contributed by atoms with Gasteiger partial charge in [0, 0.05) is 12.6 Å². The van der Waals surface area contributed by atoms with E-state index in [1.54, 1.807) is 0 Å². The first-order valence-corrected chi connectivity index (χ1v) is 6.80. The second-order valence-electron chi connectivity index (χ2n) is 4.96. The van der Waals surface area contributed by atoms with Crippen molar-refractivity contribution in [2.24, 2.45) is 0 Å². The fraction of sp³-hybridized carbons (Fsp3) is 0.600. The molecule has 1 aliphatic rings. The monoisotopic (exact) mass is 268 g/mol. The molecule has 1 saturated heterocycles. The highest BCUT2D eigenvalue weighted by Gasteiger charge is 2.17. The molecule has 0 aliphatic carbocycles. The zero-order chi connectivity index (χ0) is 12.1. The van der Waals surface area contributed by atoms with E-state index >= 15 is 0 Å². The summed E-state index contributed by atoms with van der Waals surface area (Å²) in [6.45, 7) is 5.82. The summed E-state index contributed by atoms with van der Waals surface area (Å²) in [5, 5.41) is 3.38. The van der Waals surface area contributed by atoms with Crippen LogP contribution >= 0.6 is 12.4 Å². The van der Waals surface area contributed by atoms with Gasteiger partial charge in [-0.15, -0.1) is 12.4 Å². The topological polar surface area (TPSA) is 15.3 Å². The van der Waals surface area contributed by atoms with Gasteiger partial charge >= 0.3 is 0 Å². The van der Waals surface area contributed by atoms with Crippen molar-refractivity contribution in [2.45, 2.75) is 38.8 Å². The predicted octanol–water partition coefficient (Wildman–Crippen LogP) is 2.85. The number of piperidine rings is 1. The third kappa shape index (κ3) is 3.98. The van der Waals surface area contributed by atoms with Gasteiger partial charge in [-0.2, -0.15) is 0 Å². The summed E-state index contributed by atoms with van der Waals surface area (Å²) < 4.78 is 0. The fourth-order valence-electron chi connectivity index (χ4n) is 2.68. The first-order valence-electron chi connectivity index (χ1n) is 6.80. The van der Waals surface area contributed by atoms with Crippen LogP contribution in [0.1, 0.15) is 30.9 Å². The number of aryl methyl sites for hydroxylation is 1. The molecule has 2 rings (SSSR count). The van der Waals surface area contributed by atoms with Crippen LogP contribution in [0.5, 0.6) is 0 Å². The SMILES string of the molecule is CCc1ccccc1CN1CCC(NC)CC1.Cl. The Hall–Kier alpha value is -0.570. The molecule has 0 unspecified atom stereocenters. The highest BCUT2D eigenvalue weighted by molar-refractivity contribution is 5.85. The molecule has 1 heterocycles. The van der Waals surface area contributed by atoms with E-state index in [1.807, 2.05) is 0 Å². The van der Waals surface area contributed by atoms with Gasteiger partial charge < -0.3 is 5.32 Å². The molecule has 1 aromatic rings. The molecular weight excluding hydrogens is 244 g/mol. The maximum Gasteiger partial charge on any atom is 0.0236 e. The standard InChI is InChI=1S/C15H24N2.ClH/c1-3-13-6-4-5-7-14(13)12-17-10-8-15(16-2)9-11-17;/h4-7,15-16H,3,8-12H2,1-2H3;1H. The van der Waals surface area contributed by atoms with E-state index in [4.69, 9.17) is 0 Å². The molecule has 18 heavy (non-hydrogen) atoms. The molecule has 1 N–H and O–H groups in total. The van der Waals surface area contributed by atoms with Gasteiger partial charge in [0.05, 0.1) is 0 Å². The van der Waals surface area contributed by atoms with Gasteiger partial charge in [0.15, 0.2) is 0 Å². The van der Waals surface area contributed by atoms with Gasteiger partial charge in [-0.05, 0) is 50.5 Å². The maximum atomic E-state index is 3.38. The maximum absolute atomic E-state index is 3.38. The van der Waals surface area contributed by atoms with E-state index in [0.717, 1.165) is 19.0 Å². The van der Waals surface area contributed by atoms with Crippen molar-refractivity contribution < 1.29 is 0 Å². The number of likely N-dealkylation sites (tertiary alicyclic amines) is 1. The molecule has 0 amide bonds. The molecule has 1 aromatic carbocycles. The second-order valence-corrected chi connectivity index (χ2v) is 4.96. The van der Waals surface area contributed by atoms with Crippen LogP contribution in [0.3, 0.4) is 0 Å². The van der Waals surface area contributed by atoms with E-state index in [9.17, 15) is 0 Å². The van der Waals surface area contributed by atoms with Crippen LogP contribution in [-0.4, -0.2) is 31.1 Å². The van der Waals surface area contributed by atoms with Gasteiger partial charge in [0.2, 0.25) is 0 Å². The number of benzene rings is 1. The number of hydrogen-bond donors (Lipinski definition) is 1. The van der Waals surface area contributed by atoms with Gasteiger partial charge in [-0.3, -0.25) is 4.90 Å². The van der Waals surface area contributed by atoms with Crippen LogP contribution in [0, 0.1) is 0 Å². The van der Waals surface area contributed by atoms with Crippen LogP contribution in [0.15, 0.2) is 24.3 Å². The molecule has 0 bridgehead atoms. The van der Waals surface area contributed by atoms with Crippen molar-refractivity contribution in [3.05, 3.63) is 35.4 Å². The Morgan fingerprint density at radius 2 is 1.78 bits per heavy atom. The molecule has 0 saturated carbocycles. The minimum absolute atomic E-state index is 0. The van der Waals surface area contributed by atoms with Gasteiger partial charge in [0.1, 0.15) is 0 Å².